The Bertz CT molecular complexity index is 616. The van der Waals surface area contributed by atoms with Crippen LogP contribution in [-0.2, 0) is 0 Å². The maximum absolute atomic E-state index is 11.9. The topological polar surface area (TPSA) is 50.7 Å². The van der Waals surface area contributed by atoms with Crippen LogP contribution in [0.25, 0.3) is 0 Å². The van der Waals surface area contributed by atoms with Gasteiger partial charge >= 0.3 is 0 Å². The molecule has 0 spiro atoms. The zero-order chi connectivity index (χ0) is 15.1. The number of amides is 1. The van der Waals surface area contributed by atoms with Crippen LogP contribution in [0.15, 0.2) is 53.6 Å². The van der Waals surface area contributed by atoms with Gasteiger partial charge in [0.05, 0.1) is 12.8 Å². The molecule has 0 aliphatic carbocycles. The van der Waals surface area contributed by atoms with Crippen LogP contribution < -0.4 is 10.2 Å². The highest BCUT2D eigenvalue weighted by atomic mass is 16.5. The minimum Gasteiger partial charge on any atom is -0.494 e. The molecule has 4 heteroatoms. The number of hydrogen-bond acceptors (Lipinski definition) is 3. The van der Waals surface area contributed by atoms with E-state index in [-0.39, 0.29) is 5.91 Å². The van der Waals surface area contributed by atoms with Gasteiger partial charge < -0.3 is 4.74 Å². The first kappa shape index (κ1) is 14.8. The highest BCUT2D eigenvalue weighted by Gasteiger charge is 2.03. The molecule has 2 rings (SSSR count). The van der Waals surface area contributed by atoms with Crippen LogP contribution in [-0.4, -0.2) is 18.7 Å². The number of rotatable bonds is 5. The number of hydrazone groups is 1. The molecule has 0 bridgehead atoms. The Morgan fingerprint density at radius 1 is 1.14 bits per heavy atom. The van der Waals surface area contributed by atoms with Gasteiger partial charge in [0, 0.05) is 5.56 Å². The van der Waals surface area contributed by atoms with Crippen LogP contribution >= 0.6 is 0 Å². The van der Waals surface area contributed by atoms with Gasteiger partial charge in [-0.15, -0.1) is 0 Å². The van der Waals surface area contributed by atoms with Crippen molar-refractivity contribution in [3.63, 3.8) is 0 Å². The van der Waals surface area contributed by atoms with Crippen molar-refractivity contribution in [3.05, 3.63) is 65.2 Å². The molecule has 0 radical (unpaired) electrons. The summed E-state index contributed by atoms with van der Waals surface area (Å²) in [6, 6.07) is 14.8. The number of ether oxygens (including phenoxy) is 1. The predicted molar refractivity (Wildman–Crippen MR) is 83.9 cm³/mol. The summed E-state index contributed by atoms with van der Waals surface area (Å²) in [7, 11) is 0. The summed E-state index contributed by atoms with van der Waals surface area (Å²) in [5.74, 6) is 0.499. The van der Waals surface area contributed by atoms with E-state index in [4.69, 9.17) is 4.74 Å². The average Bonchev–Trinajstić information content (AvgIpc) is 2.50. The van der Waals surface area contributed by atoms with Crippen molar-refractivity contribution in [1.29, 1.82) is 0 Å². The Kier molecular flexibility index (Phi) is 5.10. The second-order valence-corrected chi connectivity index (χ2v) is 4.57. The first-order valence-electron chi connectivity index (χ1n) is 6.82. The average molecular weight is 282 g/mol. The molecule has 4 nitrogen and oxygen atoms in total. The van der Waals surface area contributed by atoms with Gasteiger partial charge in [0.1, 0.15) is 5.75 Å². The van der Waals surface area contributed by atoms with Crippen molar-refractivity contribution in [1.82, 2.24) is 5.43 Å². The number of carbonyl (C=O) groups excluding carboxylic acids is 1. The molecule has 2 aromatic carbocycles. The normalized spacial score (nSPS) is 10.6. The van der Waals surface area contributed by atoms with Gasteiger partial charge in [-0.25, -0.2) is 5.43 Å². The van der Waals surface area contributed by atoms with Crippen molar-refractivity contribution in [2.45, 2.75) is 13.8 Å². The minimum absolute atomic E-state index is 0.249. The molecule has 0 saturated carbocycles. The number of hydrogen-bond donors (Lipinski definition) is 1. The lowest BCUT2D eigenvalue weighted by atomic mass is 10.2. The highest BCUT2D eigenvalue weighted by Crippen LogP contribution is 2.11. The predicted octanol–water partition coefficient (Wildman–Crippen LogP) is 3.16. The Balaban J connectivity index is 1.93. The SMILES string of the molecule is CCOc1ccc(C(=O)N/N=C\c2ccc(C)cc2)cc1. The minimum atomic E-state index is -0.249. The fourth-order valence-corrected chi connectivity index (χ4v) is 1.75. The first-order valence-corrected chi connectivity index (χ1v) is 6.82. The lowest BCUT2D eigenvalue weighted by Crippen LogP contribution is -2.17. The Hall–Kier alpha value is -2.62. The van der Waals surface area contributed by atoms with Gasteiger partial charge in [0.2, 0.25) is 0 Å². The second kappa shape index (κ2) is 7.24. The monoisotopic (exact) mass is 282 g/mol. The van der Waals surface area contributed by atoms with Crippen LogP contribution in [0.3, 0.4) is 0 Å². The summed E-state index contributed by atoms with van der Waals surface area (Å²) in [4.78, 5) is 11.9. The third kappa shape index (κ3) is 4.45. The molecule has 0 unspecified atom stereocenters. The maximum Gasteiger partial charge on any atom is 0.271 e. The van der Waals surface area contributed by atoms with E-state index in [1.54, 1.807) is 30.5 Å². The standard InChI is InChI=1S/C17H18N2O2/c1-3-21-16-10-8-15(9-11-16)17(20)19-18-12-14-6-4-13(2)5-7-14/h4-12H,3H2,1-2H3,(H,19,20)/b18-12-. The molecule has 0 aliphatic rings. The molecule has 21 heavy (non-hydrogen) atoms. The van der Waals surface area contributed by atoms with Crippen molar-refractivity contribution >= 4 is 12.1 Å². The van der Waals surface area contributed by atoms with Gasteiger partial charge in [0.25, 0.3) is 5.91 Å². The summed E-state index contributed by atoms with van der Waals surface area (Å²) in [6.45, 7) is 4.54. The number of carbonyl (C=O) groups is 1. The summed E-state index contributed by atoms with van der Waals surface area (Å²) in [6.07, 6.45) is 1.62. The van der Waals surface area contributed by atoms with Crippen LogP contribution in [0.4, 0.5) is 0 Å². The first-order chi connectivity index (χ1) is 10.2. The van der Waals surface area contributed by atoms with Crippen LogP contribution in [0.2, 0.25) is 0 Å². The van der Waals surface area contributed by atoms with Gasteiger partial charge in [-0.1, -0.05) is 29.8 Å². The quantitative estimate of drug-likeness (QED) is 0.676. The third-order valence-corrected chi connectivity index (χ3v) is 2.88. The molecular formula is C17H18N2O2. The largest absolute Gasteiger partial charge is 0.494 e. The van der Waals surface area contributed by atoms with E-state index in [9.17, 15) is 4.79 Å². The zero-order valence-electron chi connectivity index (χ0n) is 12.2. The van der Waals surface area contributed by atoms with Crippen LogP contribution in [0, 0.1) is 6.92 Å². The molecule has 0 saturated heterocycles. The molecular weight excluding hydrogens is 264 g/mol. The number of benzene rings is 2. The van der Waals surface area contributed by atoms with Crippen LogP contribution in [0.1, 0.15) is 28.4 Å². The second-order valence-electron chi connectivity index (χ2n) is 4.57. The number of nitrogens with zero attached hydrogens (tertiary/aromatic N) is 1. The van der Waals surface area contributed by atoms with Gasteiger partial charge in [-0.05, 0) is 43.7 Å². The summed E-state index contributed by atoms with van der Waals surface area (Å²) in [5.41, 5.74) is 5.17. The van der Waals surface area contributed by atoms with Crippen molar-refractivity contribution in [2.24, 2.45) is 5.10 Å². The Labute approximate surface area is 124 Å². The fourth-order valence-electron chi connectivity index (χ4n) is 1.75. The Morgan fingerprint density at radius 3 is 2.43 bits per heavy atom. The molecule has 2 aromatic rings. The smallest absolute Gasteiger partial charge is 0.271 e. The number of nitrogens with one attached hydrogen (secondary N) is 1. The lowest BCUT2D eigenvalue weighted by molar-refractivity contribution is 0.0955. The van der Waals surface area contributed by atoms with Crippen molar-refractivity contribution < 1.29 is 9.53 Å². The molecule has 0 aliphatic heterocycles. The molecule has 1 amide bonds. The van der Waals surface area contributed by atoms with Gasteiger partial charge in [-0.2, -0.15) is 5.10 Å². The fraction of sp³-hybridized carbons (Fsp3) is 0.176. The molecule has 108 valence electrons. The summed E-state index contributed by atoms with van der Waals surface area (Å²) in [5, 5.41) is 3.95. The number of aryl methyl sites for hydroxylation is 1. The molecule has 0 heterocycles. The van der Waals surface area contributed by atoms with E-state index in [2.05, 4.69) is 10.5 Å². The van der Waals surface area contributed by atoms with Gasteiger partial charge in [0.15, 0.2) is 0 Å². The van der Waals surface area contributed by atoms with E-state index >= 15 is 0 Å². The highest BCUT2D eigenvalue weighted by molar-refractivity contribution is 5.94. The summed E-state index contributed by atoms with van der Waals surface area (Å²) >= 11 is 0. The van der Waals surface area contributed by atoms with Crippen molar-refractivity contribution in [3.8, 4) is 5.75 Å². The molecule has 0 fully saturated rings. The molecule has 1 N–H and O–H groups in total. The van der Waals surface area contributed by atoms with E-state index in [0.29, 0.717) is 12.2 Å². The van der Waals surface area contributed by atoms with E-state index in [1.165, 1.54) is 5.56 Å². The summed E-state index contributed by atoms with van der Waals surface area (Å²) < 4.78 is 5.33. The third-order valence-electron chi connectivity index (χ3n) is 2.88. The lowest BCUT2D eigenvalue weighted by Gasteiger charge is -2.04. The zero-order valence-corrected chi connectivity index (χ0v) is 12.2. The van der Waals surface area contributed by atoms with Gasteiger partial charge in [-0.3, -0.25) is 4.79 Å². The van der Waals surface area contributed by atoms with E-state index in [0.717, 1.165) is 11.3 Å². The van der Waals surface area contributed by atoms with Crippen LogP contribution in [0.5, 0.6) is 5.75 Å². The Morgan fingerprint density at radius 2 is 1.81 bits per heavy atom. The van der Waals surface area contributed by atoms with Crippen molar-refractivity contribution in [2.75, 3.05) is 6.61 Å². The maximum atomic E-state index is 11.9. The molecule has 0 atom stereocenters. The van der Waals surface area contributed by atoms with E-state index in [1.807, 2.05) is 38.1 Å². The van der Waals surface area contributed by atoms with E-state index < -0.39 is 0 Å². The molecule has 0 aromatic heterocycles.